The summed E-state index contributed by atoms with van der Waals surface area (Å²) in [6.45, 7) is 4.25. The molecule has 4 nitrogen and oxygen atoms in total. The van der Waals surface area contributed by atoms with Gasteiger partial charge in [-0.15, -0.1) is 0 Å². The fourth-order valence-electron chi connectivity index (χ4n) is 5.08. The topological polar surface area (TPSA) is 52.1 Å². The van der Waals surface area contributed by atoms with E-state index in [1.54, 1.807) is 0 Å². The van der Waals surface area contributed by atoms with Gasteiger partial charge in [0.05, 0.1) is 0 Å². The van der Waals surface area contributed by atoms with Crippen LogP contribution >= 0.6 is 0 Å². The lowest BCUT2D eigenvalue weighted by Crippen LogP contribution is -2.28. The number of carbonyl (C=O) groups excluding carboxylic acids is 1. The van der Waals surface area contributed by atoms with Crippen LogP contribution in [0.1, 0.15) is 121 Å². The first kappa shape index (κ1) is 28.3. The number of esters is 1. The minimum absolute atomic E-state index is 0.152. The van der Waals surface area contributed by atoms with Crippen LogP contribution in [0.5, 0.6) is 0 Å². The van der Waals surface area contributed by atoms with Crippen molar-refractivity contribution in [2.75, 3.05) is 0 Å². The third-order valence-corrected chi connectivity index (χ3v) is 7.44. The van der Waals surface area contributed by atoms with Gasteiger partial charge in [0.2, 0.25) is 0 Å². The van der Waals surface area contributed by atoms with E-state index in [2.05, 4.69) is 41.2 Å². The SMILES string of the molecule is CCCCCCCCCc1cnc(-c2ccc([C@H]3CC[C@H](OC(=O)[C@@H](F)CCCC)CC3)cc2)nc1. The van der Waals surface area contributed by atoms with Crippen molar-refractivity contribution in [1.82, 2.24) is 9.97 Å². The Bertz CT molecular complexity index is 876. The van der Waals surface area contributed by atoms with E-state index in [4.69, 9.17) is 4.74 Å². The van der Waals surface area contributed by atoms with E-state index in [9.17, 15) is 9.18 Å². The molecule has 198 valence electrons. The van der Waals surface area contributed by atoms with Crippen LogP contribution in [0.4, 0.5) is 4.39 Å². The summed E-state index contributed by atoms with van der Waals surface area (Å²) in [5, 5.41) is 0. The molecule has 36 heavy (non-hydrogen) atoms. The first-order valence-corrected chi connectivity index (χ1v) is 14.4. The van der Waals surface area contributed by atoms with Crippen LogP contribution in [0.25, 0.3) is 11.4 Å². The normalized spacial score (nSPS) is 18.6. The zero-order valence-corrected chi connectivity index (χ0v) is 22.4. The number of ether oxygens (including phenoxy) is 1. The predicted octanol–water partition coefficient (Wildman–Crippen LogP) is 8.53. The first-order valence-electron chi connectivity index (χ1n) is 14.4. The molecule has 3 rings (SSSR count). The van der Waals surface area contributed by atoms with Gasteiger partial charge in [0.15, 0.2) is 12.0 Å². The molecule has 2 aromatic rings. The minimum Gasteiger partial charge on any atom is -0.460 e. The van der Waals surface area contributed by atoms with Crippen molar-refractivity contribution in [3.63, 3.8) is 0 Å². The largest absolute Gasteiger partial charge is 0.460 e. The maximum atomic E-state index is 13.9. The Labute approximate surface area is 217 Å². The number of benzene rings is 1. The lowest BCUT2D eigenvalue weighted by Gasteiger charge is -2.29. The average Bonchev–Trinajstić information content (AvgIpc) is 2.92. The van der Waals surface area contributed by atoms with Gasteiger partial charge in [-0.25, -0.2) is 19.2 Å². The summed E-state index contributed by atoms with van der Waals surface area (Å²) in [7, 11) is 0. The molecule has 0 aliphatic heterocycles. The van der Waals surface area contributed by atoms with E-state index < -0.39 is 12.1 Å². The van der Waals surface area contributed by atoms with Gasteiger partial charge in [-0.1, -0.05) is 89.5 Å². The first-order chi connectivity index (χ1) is 17.6. The van der Waals surface area contributed by atoms with Gasteiger partial charge in [0, 0.05) is 18.0 Å². The van der Waals surface area contributed by atoms with Crippen molar-refractivity contribution in [3.8, 4) is 11.4 Å². The van der Waals surface area contributed by atoms with Gasteiger partial charge < -0.3 is 4.74 Å². The Kier molecular flexibility index (Phi) is 12.4. The van der Waals surface area contributed by atoms with Crippen LogP contribution < -0.4 is 0 Å². The second-order valence-electron chi connectivity index (χ2n) is 10.4. The second kappa shape index (κ2) is 15.7. The summed E-state index contributed by atoms with van der Waals surface area (Å²) in [6, 6.07) is 8.55. The molecular weight excluding hydrogens is 451 g/mol. The number of nitrogens with zero attached hydrogens (tertiary/aromatic N) is 2. The fourth-order valence-corrected chi connectivity index (χ4v) is 5.08. The van der Waals surface area contributed by atoms with Gasteiger partial charge in [0.25, 0.3) is 0 Å². The summed E-state index contributed by atoms with van der Waals surface area (Å²) in [6.07, 6.45) is 17.9. The van der Waals surface area contributed by atoms with E-state index in [-0.39, 0.29) is 12.5 Å². The summed E-state index contributed by atoms with van der Waals surface area (Å²) in [4.78, 5) is 21.2. The Balaban J connectivity index is 1.40. The molecule has 0 amide bonds. The highest BCUT2D eigenvalue weighted by atomic mass is 19.1. The Morgan fingerprint density at radius 3 is 2.14 bits per heavy atom. The van der Waals surface area contributed by atoms with Crippen LogP contribution in [-0.2, 0) is 16.0 Å². The molecule has 1 aromatic heterocycles. The summed E-state index contributed by atoms with van der Waals surface area (Å²) < 4.78 is 19.4. The molecule has 0 N–H and O–H groups in total. The molecular formula is C31H45FN2O2. The van der Waals surface area contributed by atoms with Crippen LogP contribution in [0.3, 0.4) is 0 Å². The molecule has 0 saturated heterocycles. The maximum absolute atomic E-state index is 13.9. The number of hydrogen-bond donors (Lipinski definition) is 0. The van der Waals surface area contributed by atoms with Crippen LogP contribution in [-0.4, -0.2) is 28.2 Å². The van der Waals surface area contributed by atoms with E-state index in [1.807, 2.05) is 19.3 Å². The number of carbonyl (C=O) groups is 1. The third-order valence-electron chi connectivity index (χ3n) is 7.44. The number of alkyl halides is 1. The van der Waals surface area contributed by atoms with Crippen LogP contribution in [0.15, 0.2) is 36.7 Å². The average molecular weight is 497 g/mol. The molecule has 1 atom stereocenters. The van der Waals surface area contributed by atoms with Gasteiger partial charge in [-0.3, -0.25) is 0 Å². The zero-order valence-electron chi connectivity index (χ0n) is 22.4. The molecule has 0 spiro atoms. The van der Waals surface area contributed by atoms with Gasteiger partial charge in [0.1, 0.15) is 6.10 Å². The Morgan fingerprint density at radius 2 is 1.50 bits per heavy atom. The summed E-state index contributed by atoms with van der Waals surface area (Å²) >= 11 is 0. The van der Waals surface area contributed by atoms with Crippen molar-refractivity contribution >= 4 is 5.97 Å². The molecule has 1 saturated carbocycles. The highest BCUT2D eigenvalue weighted by Crippen LogP contribution is 2.35. The molecule has 1 aliphatic carbocycles. The summed E-state index contributed by atoms with van der Waals surface area (Å²) in [5.41, 5.74) is 3.54. The smallest absolute Gasteiger partial charge is 0.340 e. The van der Waals surface area contributed by atoms with E-state index in [0.29, 0.717) is 12.3 Å². The number of aryl methyl sites for hydroxylation is 1. The highest BCUT2D eigenvalue weighted by molar-refractivity contribution is 5.74. The summed E-state index contributed by atoms with van der Waals surface area (Å²) in [5.74, 6) is 0.537. The van der Waals surface area contributed by atoms with E-state index >= 15 is 0 Å². The number of unbranched alkanes of at least 4 members (excludes halogenated alkanes) is 7. The Hall–Kier alpha value is -2.30. The second-order valence-corrected chi connectivity index (χ2v) is 10.4. The van der Waals surface area contributed by atoms with E-state index in [0.717, 1.165) is 49.9 Å². The maximum Gasteiger partial charge on any atom is 0.340 e. The van der Waals surface area contributed by atoms with Crippen molar-refractivity contribution in [3.05, 3.63) is 47.8 Å². The quantitative estimate of drug-likeness (QED) is 0.183. The lowest BCUT2D eigenvalue weighted by molar-refractivity contribution is -0.157. The number of rotatable bonds is 15. The molecule has 0 unspecified atom stereocenters. The fraction of sp³-hybridized carbons (Fsp3) is 0.645. The van der Waals surface area contributed by atoms with Gasteiger partial charge in [-0.2, -0.15) is 0 Å². The zero-order chi connectivity index (χ0) is 25.6. The predicted molar refractivity (Wildman–Crippen MR) is 145 cm³/mol. The monoisotopic (exact) mass is 496 g/mol. The van der Waals surface area contributed by atoms with Crippen molar-refractivity contribution in [2.24, 2.45) is 0 Å². The molecule has 5 heteroatoms. The molecule has 0 bridgehead atoms. The minimum atomic E-state index is -1.48. The van der Waals surface area contributed by atoms with Crippen LogP contribution in [0, 0.1) is 0 Å². The molecule has 1 fully saturated rings. The standard InChI is InChI=1S/C31H45FN2O2/c1-3-5-7-8-9-10-11-12-24-22-33-30(34-23-24)27-16-14-25(15-17-27)26-18-20-28(21-19-26)36-31(35)29(32)13-6-4-2/h14-17,22-23,26,28-29H,3-13,18-21H2,1-2H3/t26-,28-,29-/m0/s1. The van der Waals surface area contributed by atoms with Crippen LogP contribution in [0.2, 0.25) is 0 Å². The molecule has 1 heterocycles. The third kappa shape index (κ3) is 9.29. The number of halogens is 1. The number of hydrogen-bond acceptors (Lipinski definition) is 4. The molecule has 0 radical (unpaired) electrons. The van der Waals surface area contributed by atoms with E-state index in [1.165, 1.54) is 56.1 Å². The molecule has 1 aliphatic rings. The van der Waals surface area contributed by atoms with Crippen molar-refractivity contribution in [2.45, 2.75) is 128 Å². The van der Waals surface area contributed by atoms with Gasteiger partial charge >= 0.3 is 5.97 Å². The Morgan fingerprint density at radius 1 is 0.889 bits per heavy atom. The van der Waals surface area contributed by atoms with Crippen molar-refractivity contribution < 1.29 is 13.9 Å². The molecule has 1 aromatic carbocycles. The highest BCUT2D eigenvalue weighted by Gasteiger charge is 2.27. The number of aromatic nitrogens is 2. The van der Waals surface area contributed by atoms with Gasteiger partial charge in [-0.05, 0) is 62.0 Å². The lowest BCUT2D eigenvalue weighted by atomic mass is 9.82. The van der Waals surface area contributed by atoms with Crippen molar-refractivity contribution in [1.29, 1.82) is 0 Å².